The maximum Gasteiger partial charge on any atom is 0.302 e. The van der Waals surface area contributed by atoms with Crippen molar-refractivity contribution in [3.8, 4) is 0 Å². The fourth-order valence-electron chi connectivity index (χ4n) is 12.8. The first-order valence-electron chi connectivity index (χ1n) is 18.6. The Morgan fingerprint density at radius 2 is 1.68 bits per heavy atom. The molecule has 0 aromatic heterocycles. The number of aliphatic hydroxyl groups excluding tert-OH is 1. The maximum absolute atomic E-state index is 14.0. The number of Topliss-reactive ketones (excluding diaryl/α,β-unsaturated/α-hetero) is 1. The van der Waals surface area contributed by atoms with Gasteiger partial charge in [-0.25, -0.2) is 0 Å². The minimum Gasteiger partial charge on any atom is -0.462 e. The summed E-state index contributed by atoms with van der Waals surface area (Å²) in [7, 11) is 0. The van der Waals surface area contributed by atoms with Crippen LogP contribution < -0.4 is 5.32 Å². The Labute approximate surface area is 284 Å². The van der Waals surface area contributed by atoms with Crippen molar-refractivity contribution in [1.82, 2.24) is 5.32 Å². The van der Waals surface area contributed by atoms with E-state index in [9.17, 15) is 14.7 Å². The second-order valence-corrected chi connectivity index (χ2v) is 17.9. The van der Waals surface area contributed by atoms with E-state index >= 15 is 0 Å². The lowest BCUT2D eigenvalue weighted by molar-refractivity contribution is -0.234. The molecule has 1 aromatic carbocycles. The molecule has 258 valence electrons. The average Bonchev–Trinajstić information content (AvgIpc) is 3.32. The summed E-state index contributed by atoms with van der Waals surface area (Å²) in [6, 6.07) is 8.37. The molecule has 0 amide bonds. The summed E-state index contributed by atoms with van der Waals surface area (Å²) in [4.78, 5) is 26.0. The molecule has 5 heteroatoms. The van der Waals surface area contributed by atoms with Crippen LogP contribution in [0.5, 0.6) is 0 Å². The Hall–Kier alpha value is -2.24. The Balaban J connectivity index is 1.30. The van der Waals surface area contributed by atoms with Crippen molar-refractivity contribution < 1.29 is 19.4 Å². The van der Waals surface area contributed by atoms with Gasteiger partial charge in [0.2, 0.25) is 0 Å². The largest absolute Gasteiger partial charge is 0.462 e. The third-order valence-electron chi connectivity index (χ3n) is 15.3. The number of esters is 1. The maximum atomic E-state index is 14.0. The molecule has 0 saturated heterocycles. The van der Waals surface area contributed by atoms with Crippen LogP contribution in [0, 0.1) is 50.7 Å². The molecule has 0 bridgehead atoms. The summed E-state index contributed by atoms with van der Waals surface area (Å²) in [6.45, 7) is 23.4. The lowest BCUT2D eigenvalue weighted by Gasteiger charge is -2.72. The number of aliphatic hydroxyl groups is 1. The van der Waals surface area contributed by atoms with Gasteiger partial charge in [0.1, 0.15) is 6.10 Å². The molecule has 4 fully saturated rings. The third-order valence-corrected chi connectivity index (χ3v) is 15.3. The molecule has 47 heavy (non-hydrogen) atoms. The number of ketones is 1. The highest BCUT2D eigenvalue weighted by Crippen LogP contribution is 2.77. The summed E-state index contributed by atoms with van der Waals surface area (Å²) in [5.41, 5.74) is 4.49. The molecule has 5 nitrogen and oxygen atoms in total. The lowest BCUT2D eigenvalue weighted by atomic mass is 9.33. The first kappa shape index (κ1) is 34.6. The number of allylic oxidation sites excluding steroid dienone is 1. The average molecular weight is 644 g/mol. The van der Waals surface area contributed by atoms with E-state index in [2.05, 4.69) is 84.6 Å². The first-order valence-corrected chi connectivity index (χ1v) is 18.6. The van der Waals surface area contributed by atoms with E-state index in [0.717, 1.165) is 56.1 Å². The van der Waals surface area contributed by atoms with Gasteiger partial charge in [-0.05, 0) is 108 Å². The molecule has 0 unspecified atom stereocenters. The van der Waals surface area contributed by atoms with E-state index < -0.39 is 11.5 Å². The van der Waals surface area contributed by atoms with E-state index in [4.69, 9.17) is 4.74 Å². The third kappa shape index (κ3) is 5.15. The van der Waals surface area contributed by atoms with Crippen LogP contribution in [-0.2, 0) is 20.9 Å². The highest BCUT2D eigenvalue weighted by Gasteiger charge is 2.70. The minimum absolute atomic E-state index is 0.0190. The molecule has 0 aliphatic heterocycles. The van der Waals surface area contributed by atoms with Gasteiger partial charge in [-0.15, -0.1) is 0 Å². The summed E-state index contributed by atoms with van der Waals surface area (Å²) < 4.78 is 5.95. The zero-order chi connectivity index (χ0) is 34.2. The number of carbonyl (C=O) groups is 2. The van der Waals surface area contributed by atoms with E-state index in [1.807, 2.05) is 6.08 Å². The van der Waals surface area contributed by atoms with Gasteiger partial charge in [0, 0.05) is 37.3 Å². The molecule has 2 N–H and O–H groups in total. The van der Waals surface area contributed by atoms with Crippen LogP contribution in [0.2, 0.25) is 0 Å². The Bertz CT molecular complexity index is 1440. The van der Waals surface area contributed by atoms with Gasteiger partial charge >= 0.3 is 5.97 Å². The number of rotatable bonds is 8. The SMILES string of the molecule is C=Cc1ccc(CNC[C@@H](O)[C@@]23CC[C@]4(C)[C@H](CC[C@@H]5[C@@]6(C)CC[C@H](OC(C)=O)C(C)(C)[C@@H]6CC[C@]54C)C2=C(C(C)C)C(=O)C3)cc1. The zero-order valence-corrected chi connectivity index (χ0v) is 30.5. The second-order valence-electron chi connectivity index (χ2n) is 17.9. The fourth-order valence-corrected chi connectivity index (χ4v) is 12.8. The molecule has 5 aliphatic rings. The van der Waals surface area contributed by atoms with Crippen LogP contribution >= 0.6 is 0 Å². The smallest absolute Gasteiger partial charge is 0.302 e. The molecule has 0 heterocycles. The fraction of sp³-hybridized carbons (Fsp3) is 0.714. The number of ether oxygens (including phenoxy) is 1. The predicted octanol–water partition coefficient (Wildman–Crippen LogP) is 8.69. The minimum atomic E-state index is -0.606. The van der Waals surface area contributed by atoms with Crippen molar-refractivity contribution in [2.45, 2.75) is 132 Å². The van der Waals surface area contributed by atoms with Crippen LogP contribution in [0.1, 0.15) is 124 Å². The Kier molecular flexibility index (Phi) is 8.82. The highest BCUT2D eigenvalue weighted by molar-refractivity contribution is 6.00. The second kappa shape index (κ2) is 12.0. The molecule has 1 aromatic rings. The van der Waals surface area contributed by atoms with Crippen LogP contribution in [0.25, 0.3) is 6.08 Å². The van der Waals surface area contributed by atoms with E-state index in [1.54, 1.807) is 6.92 Å². The zero-order valence-electron chi connectivity index (χ0n) is 30.5. The molecular formula is C42H61NO4. The molecule has 0 radical (unpaired) electrons. The van der Waals surface area contributed by atoms with E-state index in [0.29, 0.717) is 37.3 Å². The topological polar surface area (TPSA) is 75.6 Å². The number of hydrogen-bond acceptors (Lipinski definition) is 5. The number of benzene rings is 1. The molecule has 4 saturated carbocycles. The van der Waals surface area contributed by atoms with Crippen LogP contribution in [0.4, 0.5) is 0 Å². The predicted molar refractivity (Wildman–Crippen MR) is 189 cm³/mol. The summed E-state index contributed by atoms with van der Waals surface area (Å²) >= 11 is 0. The molecule has 9 atom stereocenters. The van der Waals surface area contributed by atoms with Crippen LogP contribution in [0.3, 0.4) is 0 Å². The lowest BCUT2D eigenvalue weighted by Crippen LogP contribution is -2.66. The van der Waals surface area contributed by atoms with Gasteiger partial charge in [-0.1, -0.05) is 91.0 Å². The van der Waals surface area contributed by atoms with Crippen molar-refractivity contribution in [2.24, 2.45) is 50.7 Å². The van der Waals surface area contributed by atoms with Crippen LogP contribution in [0.15, 0.2) is 42.0 Å². The quantitative estimate of drug-likeness (QED) is 0.277. The van der Waals surface area contributed by atoms with Gasteiger partial charge in [0.05, 0.1) is 6.10 Å². The number of hydrogen-bond donors (Lipinski definition) is 2. The van der Waals surface area contributed by atoms with Crippen molar-refractivity contribution >= 4 is 17.8 Å². The van der Waals surface area contributed by atoms with Gasteiger partial charge in [0.15, 0.2) is 5.78 Å². The molecule has 6 rings (SSSR count). The summed E-state index contributed by atoms with van der Waals surface area (Å²) in [6.07, 6.45) is 10.2. The Morgan fingerprint density at radius 3 is 2.32 bits per heavy atom. The molecular weight excluding hydrogens is 582 g/mol. The van der Waals surface area contributed by atoms with Crippen LogP contribution in [-0.4, -0.2) is 35.6 Å². The Morgan fingerprint density at radius 1 is 0.979 bits per heavy atom. The summed E-state index contributed by atoms with van der Waals surface area (Å²) in [5, 5.41) is 15.7. The van der Waals surface area contributed by atoms with Gasteiger partial charge in [-0.3, -0.25) is 9.59 Å². The highest BCUT2D eigenvalue weighted by atomic mass is 16.5. The first-order chi connectivity index (χ1) is 22.0. The number of fused-ring (bicyclic) bond motifs is 7. The van der Waals surface area contributed by atoms with Crippen molar-refractivity contribution in [3.05, 3.63) is 53.1 Å². The normalized spacial score (nSPS) is 39.8. The summed E-state index contributed by atoms with van der Waals surface area (Å²) in [5.74, 6) is 1.67. The van der Waals surface area contributed by atoms with Crippen molar-refractivity contribution in [1.29, 1.82) is 0 Å². The number of carbonyl (C=O) groups excluding carboxylic acids is 2. The molecule has 0 spiro atoms. The molecule has 5 aliphatic carbocycles. The monoisotopic (exact) mass is 643 g/mol. The van der Waals surface area contributed by atoms with Gasteiger partial charge in [-0.2, -0.15) is 0 Å². The van der Waals surface area contributed by atoms with Gasteiger partial charge < -0.3 is 15.2 Å². The van der Waals surface area contributed by atoms with Crippen molar-refractivity contribution in [3.63, 3.8) is 0 Å². The van der Waals surface area contributed by atoms with Gasteiger partial charge in [0.25, 0.3) is 0 Å². The van der Waals surface area contributed by atoms with Crippen molar-refractivity contribution in [2.75, 3.05) is 6.54 Å². The number of nitrogens with one attached hydrogen (secondary N) is 1. The standard InChI is InChI=1S/C42H61NO4/c1-10-28-11-13-29(14-12-28)24-43-25-34(46)42-22-21-40(8)30(37(42)36(26(2)3)31(45)23-42)15-16-33-39(7)19-18-35(47-27(4)44)38(5,6)32(39)17-20-41(33,40)9/h10-14,26,30,32-35,43,46H,1,15-25H2,2-9H3/t30-,32+,33-,34-,35+,39+,40-,41-,42+/m1/s1. The van der Waals surface area contributed by atoms with E-state index in [1.165, 1.54) is 17.6 Å². The van der Waals surface area contributed by atoms with E-state index in [-0.39, 0.29) is 45.4 Å².